The van der Waals surface area contributed by atoms with Crippen LogP contribution in [0.4, 0.5) is 5.69 Å². The van der Waals surface area contributed by atoms with E-state index in [1.807, 2.05) is 38.1 Å². The lowest BCUT2D eigenvalue weighted by Gasteiger charge is -2.18. The van der Waals surface area contributed by atoms with Gasteiger partial charge in [0.1, 0.15) is 0 Å². The molecule has 1 aliphatic heterocycles. The van der Waals surface area contributed by atoms with Crippen LogP contribution in [0.5, 0.6) is 0 Å². The molecule has 1 saturated heterocycles. The molecule has 1 heterocycles. The van der Waals surface area contributed by atoms with Crippen LogP contribution in [0.3, 0.4) is 0 Å². The van der Waals surface area contributed by atoms with Gasteiger partial charge in [-0.3, -0.25) is 9.59 Å². The SMILES string of the molecule is CC1=CC[C@H]2C(=O)N(c3ccccc3C)C(=O)[C@@H]2C1. The van der Waals surface area contributed by atoms with Gasteiger partial charge in [-0.05, 0) is 38.3 Å². The average Bonchev–Trinajstić information content (AvgIpc) is 2.63. The van der Waals surface area contributed by atoms with Crippen LogP contribution < -0.4 is 4.90 Å². The topological polar surface area (TPSA) is 37.4 Å². The first-order valence-corrected chi connectivity index (χ1v) is 6.68. The van der Waals surface area contributed by atoms with Crippen molar-refractivity contribution in [3.63, 3.8) is 0 Å². The van der Waals surface area contributed by atoms with Gasteiger partial charge in [-0.25, -0.2) is 4.90 Å². The molecule has 0 spiro atoms. The second kappa shape index (κ2) is 4.34. The van der Waals surface area contributed by atoms with E-state index in [-0.39, 0.29) is 23.7 Å². The Balaban J connectivity index is 2.00. The maximum atomic E-state index is 12.5. The van der Waals surface area contributed by atoms with Gasteiger partial charge in [-0.1, -0.05) is 29.8 Å². The number of rotatable bonds is 1. The summed E-state index contributed by atoms with van der Waals surface area (Å²) in [5, 5.41) is 0. The number of aryl methyl sites for hydroxylation is 1. The summed E-state index contributed by atoms with van der Waals surface area (Å²) in [5.41, 5.74) is 2.92. The molecule has 1 aromatic rings. The van der Waals surface area contributed by atoms with Gasteiger partial charge in [-0.15, -0.1) is 0 Å². The highest BCUT2D eigenvalue weighted by Crippen LogP contribution is 2.40. The predicted octanol–water partition coefficient (Wildman–Crippen LogP) is 2.84. The molecule has 2 atom stereocenters. The summed E-state index contributed by atoms with van der Waals surface area (Å²) >= 11 is 0. The van der Waals surface area contributed by atoms with Crippen molar-refractivity contribution in [3.8, 4) is 0 Å². The minimum Gasteiger partial charge on any atom is -0.274 e. The van der Waals surface area contributed by atoms with Crippen LogP contribution in [0.25, 0.3) is 0 Å². The Morgan fingerprint density at radius 3 is 2.47 bits per heavy atom. The molecule has 1 aromatic carbocycles. The smallest absolute Gasteiger partial charge is 0.238 e. The number of amides is 2. The van der Waals surface area contributed by atoms with Crippen molar-refractivity contribution < 1.29 is 9.59 Å². The predicted molar refractivity (Wildman–Crippen MR) is 73.6 cm³/mol. The Hall–Kier alpha value is -1.90. The Morgan fingerprint density at radius 1 is 1.05 bits per heavy atom. The first-order chi connectivity index (χ1) is 9.09. The molecule has 3 nitrogen and oxygen atoms in total. The molecule has 0 unspecified atom stereocenters. The fourth-order valence-corrected chi connectivity index (χ4v) is 3.09. The van der Waals surface area contributed by atoms with Gasteiger partial charge in [0.05, 0.1) is 17.5 Å². The van der Waals surface area contributed by atoms with E-state index >= 15 is 0 Å². The largest absolute Gasteiger partial charge is 0.274 e. The number of hydrogen-bond acceptors (Lipinski definition) is 2. The summed E-state index contributed by atoms with van der Waals surface area (Å²) in [7, 11) is 0. The van der Waals surface area contributed by atoms with Gasteiger partial charge in [0.2, 0.25) is 11.8 Å². The summed E-state index contributed by atoms with van der Waals surface area (Å²) in [6.45, 7) is 3.96. The lowest BCUT2D eigenvalue weighted by molar-refractivity contribution is -0.122. The van der Waals surface area contributed by atoms with Crippen molar-refractivity contribution in [2.24, 2.45) is 11.8 Å². The molecule has 2 amide bonds. The van der Waals surface area contributed by atoms with Crippen LogP contribution in [-0.2, 0) is 9.59 Å². The van der Waals surface area contributed by atoms with Crippen molar-refractivity contribution in [1.82, 2.24) is 0 Å². The van der Waals surface area contributed by atoms with Crippen molar-refractivity contribution in [1.29, 1.82) is 0 Å². The van der Waals surface area contributed by atoms with E-state index in [0.29, 0.717) is 6.42 Å². The molecule has 3 rings (SSSR count). The van der Waals surface area contributed by atoms with Crippen LogP contribution in [-0.4, -0.2) is 11.8 Å². The zero-order chi connectivity index (χ0) is 13.6. The summed E-state index contributed by atoms with van der Waals surface area (Å²) in [6.07, 6.45) is 3.51. The number of carbonyl (C=O) groups is 2. The number of carbonyl (C=O) groups excluding carboxylic acids is 2. The van der Waals surface area contributed by atoms with E-state index in [9.17, 15) is 9.59 Å². The fraction of sp³-hybridized carbons (Fsp3) is 0.375. The normalized spacial score (nSPS) is 26.4. The second-order valence-electron chi connectivity index (χ2n) is 5.50. The molecule has 0 N–H and O–H groups in total. The van der Waals surface area contributed by atoms with Crippen LogP contribution in [0, 0.1) is 18.8 Å². The molecule has 0 bridgehead atoms. The molecule has 1 aliphatic carbocycles. The summed E-state index contributed by atoms with van der Waals surface area (Å²) < 4.78 is 0. The van der Waals surface area contributed by atoms with Gasteiger partial charge in [0, 0.05) is 0 Å². The summed E-state index contributed by atoms with van der Waals surface area (Å²) in [5.74, 6) is -0.377. The molecule has 19 heavy (non-hydrogen) atoms. The summed E-state index contributed by atoms with van der Waals surface area (Å²) in [4.78, 5) is 26.4. The van der Waals surface area contributed by atoms with E-state index in [4.69, 9.17) is 0 Å². The highest BCUT2D eigenvalue weighted by atomic mass is 16.2. The maximum absolute atomic E-state index is 12.5. The third-order valence-corrected chi connectivity index (χ3v) is 4.18. The number of para-hydroxylation sites is 1. The average molecular weight is 255 g/mol. The van der Waals surface area contributed by atoms with Gasteiger partial charge in [-0.2, -0.15) is 0 Å². The summed E-state index contributed by atoms with van der Waals surface area (Å²) in [6, 6.07) is 7.57. The van der Waals surface area contributed by atoms with Crippen molar-refractivity contribution in [2.75, 3.05) is 4.90 Å². The molecule has 98 valence electrons. The highest BCUT2D eigenvalue weighted by Gasteiger charge is 2.48. The Labute approximate surface area is 112 Å². The minimum absolute atomic E-state index is 0.0308. The van der Waals surface area contributed by atoms with E-state index < -0.39 is 0 Å². The Kier molecular flexibility index (Phi) is 2.77. The molecular weight excluding hydrogens is 238 g/mol. The van der Waals surface area contributed by atoms with Gasteiger partial charge < -0.3 is 0 Å². The Bertz CT molecular complexity index is 588. The molecule has 0 aromatic heterocycles. The van der Waals surface area contributed by atoms with E-state index in [1.54, 1.807) is 0 Å². The van der Waals surface area contributed by atoms with Crippen LogP contribution in [0.15, 0.2) is 35.9 Å². The second-order valence-corrected chi connectivity index (χ2v) is 5.50. The first-order valence-electron chi connectivity index (χ1n) is 6.68. The molecule has 0 radical (unpaired) electrons. The van der Waals surface area contributed by atoms with Crippen molar-refractivity contribution in [2.45, 2.75) is 26.7 Å². The number of anilines is 1. The monoisotopic (exact) mass is 255 g/mol. The van der Waals surface area contributed by atoms with E-state index in [1.165, 1.54) is 10.5 Å². The first kappa shape index (κ1) is 12.2. The van der Waals surface area contributed by atoms with Crippen LogP contribution in [0.1, 0.15) is 25.3 Å². The van der Waals surface area contributed by atoms with Crippen molar-refractivity contribution >= 4 is 17.5 Å². The quantitative estimate of drug-likeness (QED) is 0.571. The highest BCUT2D eigenvalue weighted by molar-refractivity contribution is 6.22. The van der Waals surface area contributed by atoms with Gasteiger partial charge in [0.25, 0.3) is 0 Å². The third kappa shape index (κ3) is 1.81. The number of benzene rings is 1. The molecule has 2 aliphatic rings. The van der Waals surface area contributed by atoms with Crippen LogP contribution in [0.2, 0.25) is 0 Å². The maximum Gasteiger partial charge on any atom is 0.238 e. The van der Waals surface area contributed by atoms with Crippen molar-refractivity contribution in [3.05, 3.63) is 41.5 Å². The fourth-order valence-electron chi connectivity index (χ4n) is 3.09. The van der Waals surface area contributed by atoms with E-state index in [0.717, 1.165) is 17.7 Å². The Morgan fingerprint density at radius 2 is 1.74 bits per heavy atom. The molecular formula is C16H17NO2. The number of allylic oxidation sites excluding steroid dienone is 2. The zero-order valence-corrected chi connectivity index (χ0v) is 11.2. The lowest BCUT2D eigenvalue weighted by atomic mass is 9.82. The number of fused-ring (bicyclic) bond motifs is 1. The van der Waals surface area contributed by atoms with Gasteiger partial charge in [0.15, 0.2) is 0 Å². The number of imide groups is 1. The molecule has 3 heteroatoms. The zero-order valence-electron chi connectivity index (χ0n) is 11.2. The number of nitrogens with zero attached hydrogens (tertiary/aromatic N) is 1. The third-order valence-electron chi connectivity index (χ3n) is 4.18. The minimum atomic E-state index is -0.157. The number of hydrogen-bond donors (Lipinski definition) is 0. The van der Waals surface area contributed by atoms with E-state index in [2.05, 4.69) is 6.08 Å². The van der Waals surface area contributed by atoms with Gasteiger partial charge >= 0.3 is 0 Å². The molecule has 1 fully saturated rings. The lowest BCUT2D eigenvalue weighted by Crippen LogP contribution is -2.31. The van der Waals surface area contributed by atoms with Crippen LogP contribution >= 0.6 is 0 Å². The standard InChI is InChI=1S/C16H17NO2/c1-10-7-8-12-13(9-10)16(19)17(15(12)18)14-6-4-3-5-11(14)2/h3-7,12-13H,8-9H2,1-2H3/t12-,13-/m1/s1. The molecule has 0 saturated carbocycles.